The third kappa shape index (κ3) is 2.80. The first-order valence-corrected chi connectivity index (χ1v) is 14.8. The lowest BCUT2D eigenvalue weighted by atomic mass is 9.77. The lowest BCUT2D eigenvalue weighted by Gasteiger charge is -2.30. The number of benzene rings is 4. The molecule has 42 heavy (non-hydrogen) atoms. The molecule has 2 unspecified atom stereocenters. The largest absolute Gasteiger partial charge is 0.308 e. The Hall–Kier alpha value is -5.28. The Labute approximate surface area is 243 Å². The van der Waals surface area contributed by atoms with Gasteiger partial charge in [-0.1, -0.05) is 54.6 Å². The highest BCUT2D eigenvalue weighted by atomic mass is 15.0. The van der Waals surface area contributed by atoms with E-state index in [1.54, 1.807) is 0 Å². The van der Waals surface area contributed by atoms with Gasteiger partial charge in [0, 0.05) is 56.9 Å². The number of para-hydroxylation sites is 2. The quantitative estimate of drug-likeness (QED) is 0.173. The summed E-state index contributed by atoms with van der Waals surface area (Å²) in [5, 5.41) is 5.27. The first-order chi connectivity index (χ1) is 20.9. The van der Waals surface area contributed by atoms with Crippen molar-refractivity contribution in [1.82, 2.24) is 4.40 Å². The van der Waals surface area contributed by atoms with Crippen molar-refractivity contribution in [1.29, 1.82) is 0 Å². The van der Waals surface area contributed by atoms with Gasteiger partial charge in [0.05, 0.1) is 28.0 Å². The van der Waals surface area contributed by atoms with E-state index in [9.17, 15) is 0 Å². The molecular formula is C39H27N3+2. The van der Waals surface area contributed by atoms with E-state index in [2.05, 4.69) is 153 Å². The van der Waals surface area contributed by atoms with Crippen LogP contribution >= 0.6 is 0 Å². The summed E-state index contributed by atoms with van der Waals surface area (Å²) in [4.78, 5) is 0. The van der Waals surface area contributed by atoms with E-state index < -0.39 is 0 Å². The molecule has 0 aliphatic carbocycles. The Kier molecular flexibility index (Phi) is 4.35. The first-order valence-electron chi connectivity index (χ1n) is 14.8. The van der Waals surface area contributed by atoms with Crippen LogP contribution in [0.25, 0.3) is 66.8 Å². The van der Waals surface area contributed by atoms with Gasteiger partial charge in [0.15, 0.2) is 24.6 Å². The van der Waals surface area contributed by atoms with Gasteiger partial charge in [-0.15, -0.1) is 0 Å². The maximum Gasteiger partial charge on any atom is 0.218 e. The molecule has 0 saturated carbocycles. The van der Waals surface area contributed by atoms with Crippen LogP contribution in [-0.2, 0) is 0 Å². The van der Waals surface area contributed by atoms with Crippen molar-refractivity contribution >= 4 is 44.3 Å². The fourth-order valence-electron chi connectivity index (χ4n) is 8.06. The average Bonchev–Trinajstić information content (AvgIpc) is 3.58. The van der Waals surface area contributed by atoms with Crippen molar-refractivity contribution in [2.24, 2.45) is 0 Å². The molecule has 196 valence electrons. The van der Waals surface area contributed by atoms with Crippen molar-refractivity contribution in [3.63, 3.8) is 0 Å². The molecule has 0 N–H and O–H groups in total. The Morgan fingerprint density at radius 3 is 2.29 bits per heavy atom. The van der Waals surface area contributed by atoms with Crippen LogP contribution in [0.5, 0.6) is 0 Å². The predicted molar refractivity (Wildman–Crippen MR) is 170 cm³/mol. The molecule has 10 rings (SSSR count). The van der Waals surface area contributed by atoms with Gasteiger partial charge >= 0.3 is 0 Å². The van der Waals surface area contributed by atoms with E-state index in [4.69, 9.17) is 0 Å². The Morgan fingerprint density at radius 1 is 0.571 bits per heavy atom. The third-order valence-corrected chi connectivity index (χ3v) is 9.74. The highest BCUT2D eigenvalue weighted by Crippen LogP contribution is 2.48. The highest BCUT2D eigenvalue weighted by Gasteiger charge is 2.43. The van der Waals surface area contributed by atoms with E-state index in [1.807, 2.05) is 0 Å². The summed E-state index contributed by atoms with van der Waals surface area (Å²) in [5.74, 6) is 0.300. The van der Waals surface area contributed by atoms with Crippen LogP contribution in [0.1, 0.15) is 29.5 Å². The SMILES string of the molecule is C1=C/[n+]2ccccc2-c2cc3c4cccc5c6ccccc6n(c3cc2C2C(C/1)c1ccccc1-c1cccc[n+]12)c54. The normalized spacial score (nSPS) is 18.1. The maximum atomic E-state index is 2.54. The standard InChI is InChI=1S/C39H27N3/c1-2-12-26-25(11-1)28-16-10-21-40-20-7-5-17-34(40)32-23-31-30-15-9-14-29-27-13-3-4-19-36(27)42(39(29)30)37(31)24-33(32)38(28)41-22-8-6-18-35(26)41/h1-15,17-24,28,38H,16H2/q+2/b21-10+. The molecule has 0 radical (unpaired) electrons. The Balaban J connectivity index is 1.40. The fourth-order valence-corrected chi connectivity index (χ4v) is 8.06. The van der Waals surface area contributed by atoms with Crippen molar-refractivity contribution in [3.8, 4) is 22.5 Å². The molecule has 2 aliphatic heterocycles. The third-order valence-electron chi connectivity index (χ3n) is 9.74. The molecule has 0 amide bonds. The molecule has 0 spiro atoms. The zero-order valence-corrected chi connectivity index (χ0v) is 23.0. The summed E-state index contributed by atoms with van der Waals surface area (Å²) < 4.78 is 7.36. The van der Waals surface area contributed by atoms with Crippen molar-refractivity contribution in [2.75, 3.05) is 0 Å². The van der Waals surface area contributed by atoms with E-state index in [-0.39, 0.29) is 6.04 Å². The molecule has 0 fully saturated rings. The van der Waals surface area contributed by atoms with E-state index >= 15 is 0 Å². The van der Waals surface area contributed by atoms with Crippen molar-refractivity contribution < 1.29 is 9.13 Å². The van der Waals surface area contributed by atoms with Crippen LogP contribution in [0.4, 0.5) is 0 Å². The molecule has 4 aromatic heterocycles. The second kappa shape index (κ2) is 8.14. The lowest BCUT2D eigenvalue weighted by Crippen LogP contribution is -2.48. The molecule has 8 aromatic rings. The van der Waals surface area contributed by atoms with Crippen LogP contribution in [-0.4, -0.2) is 4.40 Å². The zero-order valence-electron chi connectivity index (χ0n) is 23.0. The van der Waals surface area contributed by atoms with Gasteiger partial charge in [0.2, 0.25) is 11.4 Å². The minimum absolute atomic E-state index is 0.147. The zero-order chi connectivity index (χ0) is 27.4. The van der Waals surface area contributed by atoms with Gasteiger partial charge in [-0.2, -0.15) is 9.13 Å². The lowest BCUT2D eigenvalue weighted by molar-refractivity contribution is -0.708. The van der Waals surface area contributed by atoms with Crippen molar-refractivity contribution in [2.45, 2.75) is 18.4 Å². The van der Waals surface area contributed by atoms with Gasteiger partial charge in [0.1, 0.15) is 0 Å². The molecular weight excluding hydrogens is 510 g/mol. The molecule has 2 aliphatic rings. The molecule has 2 atom stereocenters. The topological polar surface area (TPSA) is 12.2 Å². The molecule has 6 heterocycles. The number of allylic oxidation sites excluding steroid dienone is 1. The minimum atomic E-state index is 0.147. The van der Waals surface area contributed by atoms with E-state index in [0.29, 0.717) is 5.92 Å². The van der Waals surface area contributed by atoms with Crippen molar-refractivity contribution in [3.05, 3.63) is 145 Å². The Morgan fingerprint density at radius 2 is 1.33 bits per heavy atom. The summed E-state index contributed by atoms with van der Waals surface area (Å²) in [7, 11) is 0. The van der Waals surface area contributed by atoms with Crippen LogP contribution in [0, 0.1) is 0 Å². The number of pyridine rings is 2. The fraction of sp³-hybridized carbons (Fsp3) is 0.0769. The molecule has 0 saturated heterocycles. The number of fused-ring (bicyclic) bond motifs is 16. The summed E-state index contributed by atoms with van der Waals surface area (Å²) >= 11 is 0. The van der Waals surface area contributed by atoms with Crippen LogP contribution in [0.15, 0.2) is 134 Å². The number of hydrogen-bond donors (Lipinski definition) is 0. The van der Waals surface area contributed by atoms with E-state index in [0.717, 1.165) is 6.42 Å². The predicted octanol–water partition coefficient (Wildman–Crippen LogP) is 8.31. The molecule has 3 nitrogen and oxygen atoms in total. The number of nitrogens with zero attached hydrogens (tertiary/aromatic N) is 3. The first kappa shape index (κ1) is 22.4. The molecule has 0 bridgehead atoms. The minimum Gasteiger partial charge on any atom is -0.308 e. The number of aromatic nitrogens is 3. The number of hydrogen-bond acceptors (Lipinski definition) is 0. The van der Waals surface area contributed by atoms with Gasteiger partial charge in [-0.25, -0.2) is 0 Å². The average molecular weight is 538 g/mol. The maximum absolute atomic E-state index is 2.54. The van der Waals surface area contributed by atoms with Gasteiger partial charge in [0.25, 0.3) is 0 Å². The van der Waals surface area contributed by atoms with Gasteiger partial charge in [-0.3, -0.25) is 0 Å². The summed E-state index contributed by atoms with van der Waals surface area (Å²) in [6.07, 6.45) is 10.1. The second-order valence-electron chi connectivity index (χ2n) is 11.8. The molecule has 4 aromatic carbocycles. The smallest absolute Gasteiger partial charge is 0.218 e. The van der Waals surface area contributed by atoms with Crippen LogP contribution < -0.4 is 9.13 Å². The second-order valence-corrected chi connectivity index (χ2v) is 11.8. The number of rotatable bonds is 0. The van der Waals surface area contributed by atoms with Gasteiger partial charge in [-0.05, 0) is 54.5 Å². The Bertz CT molecular complexity index is 2410. The van der Waals surface area contributed by atoms with Crippen LogP contribution in [0.3, 0.4) is 0 Å². The summed E-state index contributed by atoms with van der Waals surface area (Å²) in [5.41, 5.74) is 11.8. The van der Waals surface area contributed by atoms with Gasteiger partial charge < -0.3 is 4.40 Å². The van der Waals surface area contributed by atoms with Crippen LogP contribution in [0.2, 0.25) is 0 Å². The monoisotopic (exact) mass is 537 g/mol. The summed E-state index contributed by atoms with van der Waals surface area (Å²) in [6.45, 7) is 0. The highest BCUT2D eigenvalue weighted by molar-refractivity contribution is 6.23. The molecule has 3 heteroatoms. The van der Waals surface area contributed by atoms with E-state index in [1.165, 1.54) is 71.7 Å². The summed E-state index contributed by atoms with van der Waals surface area (Å²) in [6, 6.07) is 43.0.